The average Bonchev–Trinajstić information content (AvgIpc) is 2.79. The molecule has 0 heterocycles. The highest BCUT2D eigenvalue weighted by atomic mass is 15.1. The summed E-state index contributed by atoms with van der Waals surface area (Å²) in [6.45, 7) is 0. The lowest BCUT2D eigenvalue weighted by atomic mass is 9.94. The van der Waals surface area contributed by atoms with Crippen molar-refractivity contribution in [2.24, 2.45) is 0 Å². The van der Waals surface area contributed by atoms with E-state index >= 15 is 0 Å². The maximum atomic E-state index is 2.35. The van der Waals surface area contributed by atoms with Gasteiger partial charge in [-0.1, -0.05) is 54.6 Å². The van der Waals surface area contributed by atoms with E-state index < -0.39 is 0 Å². The molecule has 1 heteroatoms. The van der Waals surface area contributed by atoms with Gasteiger partial charge in [0.15, 0.2) is 0 Å². The Balaban J connectivity index is 1.88. The fourth-order valence-corrected chi connectivity index (χ4v) is 3.29. The Kier molecular flexibility index (Phi) is 3.39. The molecular formula is C18H21N. The van der Waals surface area contributed by atoms with Gasteiger partial charge in [-0.3, -0.25) is 0 Å². The van der Waals surface area contributed by atoms with E-state index in [9.17, 15) is 0 Å². The molecule has 0 saturated heterocycles. The second-order valence-corrected chi connectivity index (χ2v) is 5.73. The number of hydrogen-bond donors (Lipinski definition) is 0. The Morgan fingerprint density at radius 2 is 1.53 bits per heavy atom. The van der Waals surface area contributed by atoms with Crippen LogP contribution in [0.15, 0.2) is 54.6 Å². The lowest BCUT2D eigenvalue weighted by Gasteiger charge is -2.20. The number of rotatable bonds is 3. The first-order valence-corrected chi connectivity index (χ1v) is 7.05. The molecule has 0 N–H and O–H groups in total. The molecule has 2 aromatic carbocycles. The molecule has 0 saturated carbocycles. The van der Waals surface area contributed by atoms with Crippen molar-refractivity contribution in [3.63, 3.8) is 0 Å². The van der Waals surface area contributed by atoms with Crippen LogP contribution in [0.25, 0.3) is 0 Å². The van der Waals surface area contributed by atoms with Crippen molar-refractivity contribution >= 4 is 0 Å². The highest BCUT2D eigenvalue weighted by Crippen LogP contribution is 2.43. The number of benzene rings is 2. The van der Waals surface area contributed by atoms with E-state index in [1.807, 2.05) is 0 Å². The van der Waals surface area contributed by atoms with E-state index in [0.717, 1.165) is 6.42 Å². The number of fused-ring (bicyclic) bond motifs is 1. The van der Waals surface area contributed by atoms with E-state index in [-0.39, 0.29) is 0 Å². The van der Waals surface area contributed by atoms with Crippen molar-refractivity contribution < 1.29 is 0 Å². The normalized spacial score (nSPS) is 21.6. The molecule has 0 amide bonds. The van der Waals surface area contributed by atoms with Gasteiger partial charge in [0, 0.05) is 6.04 Å². The standard InChI is InChI=1S/C18H21N/c1-19(2)18-13-15(12-14-8-4-3-5-9-14)16-10-6-7-11-17(16)18/h3-11,15,18H,12-13H2,1-2H3. The maximum Gasteiger partial charge on any atom is 0.0350 e. The van der Waals surface area contributed by atoms with Gasteiger partial charge in [0.05, 0.1) is 0 Å². The zero-order chi connectivity index (χ0) is 13.2. The third kappa shape index (κ3) is 2.43. The minimum atomic E-state index is 0.574. The van der Waals surface area contributed by atoms with E-state index in [4.69, 9.17) is 0 Å². The molecule has 19 heavy (non-hydrogen) atoms. The second kappa shape index (κ2) is 5.18. The van der Waals surface area contributed by atoms with Crippen LogP contribution in [-0.4, -0.2) is 19.0 Å². The number of nitrogens with zero attached hydrogens (tertiary/aromatic N) is 1. The van der Waals surface area contributed by atoms with Crippen molar-refractivity contribution in [3.05, 3.63) is 71.3 Å². The predicted molar refractivity (Wildman–Crippen MR) is 80.4 cm³/mol. The van der Waals surface area contributed by atoms with Crippen LogP contribution in [-0.2, 0) is 6.42 Å². The minimum absolute atomic E-state index is 0.574. The molecule has 1 nitrogen and oxygen atoms in total. The highest BCUT2D eigenvalue weighted by Gasteiger charge is 2.31. The predicted octanol–water partition coefficient (Wildman–Crippen LogP) is 4.02. The summed E-state index contributed by atoms with van der Waals surface area (Å²) in [6.07, 6.45) is 2.39. The van der Waals surface area contributed by atoms with Crippen LogP contribution < -0.4 is 0 Å². The van der Waals surface area contributed by atoms with E-state index in [2.05, 4.69) is 73.6 Å². The Morgan fingerprint density at radius 3 is 2.21 bits per heavy atom. The Morgan fingerprint density at radius 1 is 0.895 bits per heavy atom. The van der Waals surface area contributed by atoms with Crippen molar-refractivity contribution in [3.8, 4) is 0 Å². The molecule has 1 aliphatic rings. The molecule has 3 rings (SSSR count). The van der Waals surface area contributed by atoms with Crippen molar-refractivity contribution in [2.45, 2.75) is 24.8 Å². The van der Waals surface area contributed by atoms with Gasteiger partial charge in [-0.2, -0.15) is 0 Å². The van der Waals surface area contributed by atoms with E-state index in [1.54, 1.807) is 5.56 Å². The molecule has 0 bridgehead atoms. The van der Waals surface area contributed by atoms with Gasteiger partial charge in [0.2, 0.25) is 0 Å². The van der Waals surface area contributed by atoms with Gasteiger partial charge < -0.3 is 4.90 Å². The lowest BCUT2D eigenvalue weighted by molar-refractivity contribution is 0.288. The zero-order valence-corrected chi connectivity index (χ0v) is 11.7. The van der Waals surface area contributed by atoms with Crippen molar-refractivity contribution in [1.29, 1.82) is 0 Å². The van der Waals surface area contributed by atoms with Gasteiger partial charge in [-0.25, -0.2) is 0 Å². The molecule has 98 valence electrons. The van der Waals surface area contributed by atoms with Crippen molar-refractivity contribution in [2.75, 3.05) is 14.1 Å². The summed E-state index contributed by atoms with van der Waals surface area (Å²) < 4.78 is 0. The summed E-state index contributed by atoms with van der Waals surface area (Å²) in [4.78, 5) is 2.35. The Bertz CT molecular complexity index is 545. The third-order valence-electron chi connectivity index (χ3n) is 4.25. The zero-order valence-electron chi connectivity index (χ0n) is 11.7. The average molecular weight is 251 g/mol. The highest BCUT2D eigenvalue weighted by molar-refractivity contribution is 5.39. The Hall–Kier alpha value is -1.60. The fraction of sp³-hybridized carbons (Fsp3) is 0.333. The topological polar surface area (TPSA) is 3.24 Å². The molecule has 2 atom stereocenters. The monoisotopic (exact) mass is 251 g/mol. The molecule has 0 fully saturated rings. The first-order chi connectivity index (χ1) is 9.25. The van der Waals surface area contributed by atoms with Crippen molar-refractivity contribution in [1.82, 2.24) is 4.90 Å². The molecule has 0 aliphatic heterocycles. The quantitative estimate of drug-likeness (QED) is 0.796. The summed E-state index contributed by atoms with van der Waals surface area (Å²) in [7, 11) is 4.37. The van der Waals surface area contributed by atoms with Gasteiger partial charge in [-0.05, 0) is 49.5 Å². The largest absolute Gasteiger partial charge is 0.302 e. The van der Waals surface area contributed by atoms with Gasteiger partial charge in [0.25, 0.3) is 0 Å². The van der Waals surface area contributed by atoms with Gasteiger partial charge in [0.1, 0.15) is 0 Å². The summed E-state index contributed by atoms with van der Waals surface area (Å²) in [6, 6.07) is 20.4. The smallest absolute Gasteiger partial charge is 0.0350 e. The van der Waals surface area contributed by atoms with Crippen LogP contribution in [0.2, 0.25) is 0 Å². The molecule has 0 radical (unpaired) electrons. The van der Waals surface area contributed by atoms with E-state index in [0.29, 0.717) is 12.0 Å². The fourth-order valence-electron chi connectivity index (χ4n) is 3.29. The minimum Gasteiger partial charge on any atom is -0.302 e. The van der Waals surface area contributed by atoms with Crippen LogP contribution in [0, 0.1) is 0 Å². The Labute approximate surface area is 115 Å². The summed E-state index contributed by atoms with van der Waals surface area (Å²) >= 11 is 0. The van der Waals surface area contributed by atoms with Crippen LogP contribution in [0.4, 0.5) is 0 Å². The molecule has 1 aliphatic carbocycles. The molecular weight excluding hydrogens is 230 g/mol. The van der Waals surface area contributed by atoms with Crippen LogP contribution in [0.1, 0.15) is 35.1 Å². The number of hydrogen-bond acceptors (Lipinski definition) is 1. The van der Waals surface area contributed by atoms with Crippen LogP contribution >= 0.6 is 0 Å². The molecule has 0 aromatic heterocycles. The first kappa shape index (κ1) is 12.4. The molecule has 2 unspecified atom stereocenters. The lowest BCUT2D eigenvalue weighted by Crippen LogP contribution is -2.17. The van der Waals surface area contributed by atoms with Crippen LogP contribution in [0.3, 0.4) is 0 Å². The van der Waals surface area contributed by atoms with E-state index in [1.165, 1.54) is 17.5 Å². The summed E-state index contributed by atoms with van der Waals surface area (Å²) in [5.74, 6) is 0.658. The second-order valence-electron chi connectivity index (χ2n) is 5.73. The summed E-state index contributed by atoms with van der Waals surface area (Å²) in [5, 5.41) is 0. The van der Waals surface area contributed by atoms with Crippen LogP contribution in [0.5, 0.6) is 0 Å². The maximum absolute atomic E-state index is 2.35. The van der Waals surface area contributed by atoms with Gasteiger partial charge >= 0.3 is 0 Å². The SMILES string of the molecule is CN(C)C1CC(Cc2ccccc2)c2ccccc21. The molecule has 0 spiro atoms. The first-order valence-electron chi connectivity index (χ1n) is 7.05. The van der Waals surface area contributed by atoms with Gasteiger partial charge in [-0.15, -0.1) is 0 Å². The summed E-state index contributed by atoms with van der Waals surface area (Å²) in [5.41, 5.74) is 4.51. The molecule has 2 aromatic rings. The third-order valence-corrected chi connectivity index (χ3v) is 4.25.